The Morgan fingerprint density at radius 1 is 1.60 bits per heavy atom. The molecule has 1 heterocycles. The second-order valence-electron chi connectivity index (χ2n) is 3.69. The standard InChI is InChI=1S/C13H10ClN3O3/c1-2-19-12(18)11-7-20-13(17-11)16-10-5-8(6-15)3-4-9(10)14/h3-5,7H,2H2,1H3,(H,16,17). The summed E-state index contributed by atoms with van der Waals surface area (Å²) in [6.07, 6.45) is 1.18. The van der Waals surface area contributed by atoms with Gasteiger partial charge < -0.3 is 14.5 Å². The van der Waals surface area contributed by atoms with Gasteiger partial charge in [0.1, 0.15) is 6.26 Å². The summed E-state index contributed by atoms with van der Waals surface area (Å²) in [5.41, 5.74) is 0.957. The monoisotopic (exact) mass is 291 g/mol. The van der Waals surface area contributed by atoms with E-state index in [4.69, 9.17) is 26.0 Å². The number of hydrogen-bond acceptors (Lipinski definition) is 6. The number of halogens is 1. The number of esters is 1. The fraction of sp³-hybridized carbons (Fsp3) is 0.154. The Labute approximate surface area is 119 Å². The molecule has 0 saturated heterocycles. The molecule has 0 fully saturated rings. The first-order valence-corrected chi connectivity index (χ1v) is 6.11. The van der Waals surface area contributed by atoms with Crippen molar-refractivity contribution in [2.24, 2.45) is 0 Å². The number of ether oxygens (including phenoxy) is 1. The van der Waals surface area contributed by atoms with E-state index in [9.17, 15) is 4.79 Å². The minimum absolute atomic E-state index is 0.0573. The fourth-order valence-electron chi connectivity index (χ4n) is 1.44. The third kappa shape index (κ3) is 3.08. The Kier molecular flexibility index (Phi) is 4.23. The number of nitrogens with zero attached hydrogens (tertiary/aromatic N) is 2. The lowest BCUT2D eigenvalue weighted by Crippen LogP contribution is -2.05. The third-order valence-corrected chi connectivity index (χ3v) is 2.66. The maximum absolute atomic E-state index is 11.4. The first kappa shape index (κ1) is 13.9. The number of carbonyl (C=O) groups excluding carboxylic acids is 1. The van der Waals surface area contributed by atoms with E-state index in [0.717, 1.165) is 0 Å². The van der Waals surface area contributed by atoms with Gasteiger partial charge in [-0.3, -0.25) is 0 Å². The van der Waals surface area contributed by atoms with Gasteiger partial charge in [-0.15, -0.1) is 0 Å². The van der Waals surface area contributed by atoms with E-state index in [1.807, 2.05) is 6.07 Å². The molecule has 0 aliphatic heterocycles. The van der Waals surface area contributed by atoms with Crippen molar-refractivity contribution in [1.82, 2.24) is 4.98 Å². The van der Waals surface area contributed by atoms with Crippen molar-refractivity contribution in [3.63, 3.8) is 0 Å². The first-order chi connectivity index (χ1) is 9.63. The SMILES string of the molecule is CCOC(=O)c1coc(Nc2cc(C#N)ccc2Cl)n1. The van der Waals surface area contributed by atoms with Crippen molar-refractivity contribution < 1.29 is 13.9 Å². The van der Waals surface area contributed by atoms with Gasteiger partial charge in [0.15, 0.2) is 5.69 Å². The van der Waals surface area contributed by atoms with Crippen molar-refractivity contribution in [1.29, 1.82) is 5.26 Å². The fourth-order valence-corrected chi connectivity index (χ4v) is 1.60. The molecule has 0 amide bonds. The Morgan fingerprint density at radius 2 is 2.40 bits per heavy atom. The quantitative estimate of drug-likeness (QED) is 0.871. The van der Waals surface area contributed by atoms with E-state index < -0.39 is 5.97 Å². The van der Waals surface area contributed by atoms with Gasteiger partial charge in [-0.25, -0.2) is 4.79 Å². The van der Waals surface area contributed by atoms with Gasteiger partial charge in [-0.2, -0.15) is 10.2 Å². The molecule has 2 rings (SSSR count). The molecule has 6 nitrogen and oxygen atoms in total. The number of hydrogen-bond donors (Lipinski definition) is 1. The average molecular weight is 292 g/mol. The van der Waals surface area contributed by atoms with E-state index in [2.05, 4.69) is 10.3 Å². The van der Waals surface area contributed by atoms with E-state index in [0.29, 0.717) is 16.3 Å². The molecule has 7 heteroatoms. The number of benzene rings is 1. The molecular weight excluding hydrogens is 282 g/mol. The topological polar surface area (TPSA) is 88.1 Å². The van der Waals surface area contributed by atoms with Crippen molar-refractivity contribution in [3.05, 3.63) is 40.7 Å². The molecule has 0 aliphatic carbocycles. The van der Waals surface area contributed by atoms with Crippen LogP contribution in [-0.4, -0.2) is 17.6 Å². The van der Waals surface area contributed by atoms with Gasteiger partial charge in [-0.05, 0) is 25.1 Å². The largest absolute Gasteiger partial charge is 0.461 e. The molecule has 1 aromatic heterocycles. The molecule has 0 radical (unpaired) electrons. The lowest BCUT2D eigenvalue weighted by atomic mass is 10.2. The lowest BCUT2D eigenvalue weighted by Gasteiger charge is -2.04. The average Bonchev–Trinajstić information content (AvgIpc) is 2.90. The highest BCUT2D eigenvalue weighted by molar-refractivity contribution is 6.33. The van der Waals surface area contributed by atoms with Crippen LogP contribution in [0.1, 0.15) is 23.0 Å². The highest BCUT2D eigenvalue weighted by atomic mass is 35.5. The molecule has 2 aromatic rings. The number of aromatic nitrogens is 1. The molecule has 0 bridgehead atoms. The van der Waals surface area contributed by atoms with Gasteiger partial charge in [-0.1, -0.05) is 11.6 Å². The molecule has 0 saturated carbocycles. The van der Waals surface area contributed by atoms with Crippen LogP contribution in [-0.2, 0) is 4.74 Å². The Morgan fingerprint density at radius 3 is 3.10 bits per heavy atom. The number of anilines is 2. The molecular formula is C13H10ClN3O3. The first-order valence-electron chi connectivity index (χ1n) is 5.73. The number of rotatable bonds is 4. The highest BCUT2D eigenvalue weighted by Gasteiger charge is 2.14. The molecule has 102 valence electrons. The Balaban J connectivity index is 2.19. The lowest BCUT2D eigenvalue weighted by molar-refractivity contribution is 0.0519. The Hall–Kier alpha value is -2.52. The molecule has 0 atom stereocenters. The summed E-state index contributed by atoms with van der Waals surface area (Å²) < 4.78 is 9.89. The van der Waals surface area contributed by atoms with E-state index in [-0.39, 0.29) is 18.3 Å². The third-order valence-electron chi connectivity index (χ3n) is 2.33. The highest BCUT2D eigenvalue weighted by Crippen LogP contribution is 2.26. The van der Waals surface area contributed by atoms with Crippen LogP contribution in [0.3, 0.4) is 0 Å². The minimum Gasteiger partial charge on any atom is -0.461 e. The molecule has 0 spiro atoms. The van der Waals surface area contributed by atoms with Gasteiger partial charge in [0.25, 0.3) is 6.01 Å². The number of oxazole rings is 1. The van der Waals surface area contributed by atoms with Crippen LogP contribution >= 0.6 is 11.6 Å². The van der Waals surface area contributed by atoms with Crippen molar-refractivity contribution in [2.75, 3.05) is 11.9 Å². The molecule has 1 N–H and O–H groups in total. The van der Waals surface area contributed by atoms with Gasteiger partial charge in [0.05, 0.1) is 28.9 Å². The van der Waals surface area contributed by atoms with Gasteiger partial charge >= 0.3 is 5.97 Å². The van der Waals surface area contributed by atoms with Crippen molar-refractivity contribution in [3.8, 4) is 6.07 Å². The number of nitriles is 1. The predicted molar refractivity (Wildman–Crippen MR) is 71.9 cm³/mol. The normalized spacial score (nSPS) is 9.85. The Bertz CT molecular complexity index is 676. The summed E-state index contributed by atoms with van der Waals surface area (Å²) >= 11 is 5.99. The summed E-state index contributed by atoms with van der Waals surface area (Å²) in [6, 6.07) is 6.81. The summed E-state index contributed by atoms with van der Waals surface area (Å²) in [6.45, 7) is 1.95. The van der Waals surface area contributed by atoms with Crippen molar-refractivity contribution >= 4 is 29.3 Å². The van der Waals surface area contributed by atoms with Crippen LogP contribution in [0.5, 0.6) is 0 Å². The summed E-state index contributed by atoms with van der Waals surface area (Å²) in [4.78, 5) is 15.4. The summed E-state index contributed by atoms with van der Waals surface area (Å²) in [5.74, 6) is -0.568. The van der Waals surface area contributed by atoms with Crippen LogP contribution in [0, 0.1) is 11.3 Å². The van der Waals surface area contributed by atoms with Crippen LogP contribution in [0.25, 0.3) is 0 Å². The molecule has 0 aliphatic rings. The van der Waals surface area contributed by atoms with Crippen LogP contribution in [0.4, 0.5) is 11.7 Å². The summed E-state index contributed by atoms with van der Waals surface area (Å²) in [7, 11) is 0. The van der Waals surface area contributed by atoms with Crippen LogP contribution in [0.15, 0.2) is 28.9 Å². The second-order valence-corrected chi connectivity index (χ2v) is 4.10. The van der Waals surface area contributed by atoms with Gasteiger partial charge in [0, 0.05) is 0 Å². The zero-order valence-corrected chi connectivity index (χ0v) is 11.3. The van der Waals surface area contributed by atoms with Gasteiger partial charge in [0.2, 0.25) is 0 Å². The predicted octanol–water partition coefficient (Wildman–Crippen LogP) is 3.12. The van der Waals surface area contributed by atoms with Crippen LogP contribution < -0.4 is 5.32 Å². The number of carbonyl (C=O) groups is 1. The molecule has 20 heavy (non-hydrogen) atoms. The van der Waals surface area contributed by atoms with Crippen molar-refractivity contribution in [2.45, 2.75) is 6.92 Å². The molecule has 0 unspecified atom stereocenters. The number of nitrogens with one attached hydrogen (secondary N) is 1. The second kappa shape index (κ2) is 6.08. The van der Waals surface area contributed by atoms with E-state index in [1.54, 1.807) is 25.1 Å². The minimum atomic E-state index is -0.568. The smallest absolute Gasteiger partial charge is 0.360 e. The molecule has 1 aromatic carbocycles. The maximum atomic E-state index is 11.4. The maximum Gasteiger partial charge on any atom is 0.360 e. The summed E-state index contributed by atoms with van der Waals surface area (Å²) in [5, 5.41) is 12.0. The van der Waals surface area contributed by atoms with Crippen LogP contribution in [0.2, 0.25) is 5.02 Å². The van der Waals surface area contributed by atoms with E-state index >= 15 is 0 Å². The van der Waals surface area contributed by atoms with E-state index in [1.165, 1.54) is 6.26 Å². The zero-order chi connectivity index (χ0) is 14.5. The zero-order valence-electron chi connectivity index (χ0n) is 10.5.